The predicted octanol–water partition coefficient (Wildman–Crippen LogP) is 4.15. The summed E-state index contributed by atoms with van der Waals surface area (Å²) in [7, 11) is 0. The summed E-state index contributed by atoms with van der Waals surface area (Å²) in [4.78, 5) is 0. The summed E-state index contributed by atoms with van der Waals surface area (Å²) in [6, 6.07) is 4.54. The molecule has 0 N–H and O–H groups in total. The van der Waals surface area contributed by atoms with Crippen LogP contribution in [0.2, 0.25) is 0 Å². The highest BCUT2D eigenvalue weighted by Crippen LogP contribution is 2.39. The molecule has 3 heteroatoms. The molecule has 82 valence electrons. The van der Waals surface area contributed by atoms with Gasteiger partial charge in [0.25, 0.3) is 0 Å². The lowest BCUT2D eigenvalue weighted by Gasteiger charge is -2.25. The van der Waals surface area contributed by atoms with E-state index in [2.05, 4.69) is 0 Å². The first-order valence-electron chi connectivity index (χ1n) is 5.19. The van der Waals surface area contributed by atoms with Crippen molar-refractivity contribution in [1.82, 2.24) is 0 Å². The van der Waals surface area contributed by atoms with Crippen molar-refractivity contribution in [2.24, 2.45) is 0 Å². The summed E-state index contributed by atoms with van der Waals surface area (Å²) in [5.41, 5.74) is 0.964. The van der Waals surface area contributed by atoms with Gasteiger partial charge in [-0.15, -0.1) is 0 Å². The molecule has 0 radical (unpaired) electrons. The quantitative estimate of drug-likeness (QED) is 0.608. The first-order chi connectivity index (χ1) is 7.00. The summed E-state index contributed by atoms with van der Waals surface area (Å²) in [6.07, 6.45) is -1.78. The zero-order valence-corrected chi connectivity index (χ0v) is 8.56. The van der Waals surface area contributed by atoms with Gasteiger partial charge in [0.1, 0.15) is 0 Å². The number of fused-ring (bicyclic) bond motifs is 1. The Labute approximate surface area is 87.1 Å². The number of alkyl halides is 3. The molecule has 0 spiro atoms. The molecular formula is C12H13F3. The Morgan fingerprint density at radius 2 is 2.00 bits per heavy atom. The first-order valence-corrected chi connectivity index (χ1v) is 5.19. The van der Waals surface area contributed by atoms with E-state index in [4.69, 9.17) is 0 Å². The third-order valence-electron chi connectivity index (χ3n) is 3.11. The Kier molecular flexibility index (Phi) is 2.49. The van der Waals surface area contributed by atoms with Crippen LogP contribution in [0.4, 0.5) is 13.2 Å². The molecule has 1 aromatic rings. The summed E-state index contributed by atoms with van der Waals surface area (Å²) < 4.78 is 38.1. The largest absolute Gasteiger partial charge is 0.416 e. The van der Waals surface area contributed by atoms with Crippen LogP contribution in [0.5, 0.6) is 0 Å². The van der Waals surface area contributed by atoms with Crippen LogP contribution in [0, 0.1) is 0 Å². The van der Waals surface area contributed by atoms with Crippen LogP contribution >= 0.6 is 0 Å². The van der Waals surface area contributed by atoms with E-state index < -0.39 is 11.7 Å². The zero-order valence-electron chi connectivity index (χ0n) is 8.56. The molecular weight excluding hydrogens is 201 g/mol. The van der Waals surface area contributed by atoms with E-state index in [9.17, 15) is 13.2 Å². The third kappa shape index (κ3) is 1.87. The number of rotatable bonds is 0. The normalized spacial score (nSPS) is 21.2. The van der Waals surface area contributed by atoms with Gasteiger partial charge in [-0.1, -0.05) is 19.1 Å². The van der Waals surface area contributed by atoms with Crippen molar-refractivity contribution < 1.29 is 13.2 Å². The van der Waals surface area contributed by atoms with Gasteiger partial charge in [0.2, 0.25) is 0 Å². The molecule has 0 nitrogen and oxygen atoms in total. The van der Waals surface area contributed by atoms with Crippen LogP contribution in [0.25, 0.3) is 0 Å². The molecule has 0 amide bonds. The van der Waals surface area contributed by atoms with Crippen LogP contribution in [-0.4, -0.2) is 0 Å². The Morgan fingerprint density at radius 3 is 2.67 bits per heavy atom. The Bertz CT molecular complexity index is 366. The molecule has 0 saturated heterocycles. The molecule has 0 fully saturated rings. The lowest BCUT2D eigenvalue weighted by molar-refractivity contribution is -0.138. The summed E-state index contributed by atoms with van der Waals surface area (Å²) >= 11 is 0. The first kappa shape index (κ1) is 10.5. The third-order valence-corrected chi connectivity index (χ3v) is 3.11. The summed E-state index contributed by atoms with van der Waals surface area (Å²) in [6.45, 7) is 2.00. The van der Waals surface area contributed by atoms with Gasteiger partial charge in [-0.05, 0) is 42.4 Å². The lowest BCUT2D eigenvalue weighted by atomic mass is 9.81. The topological polar surface area (TPSA) is 0 Å². The van der Waals surface area contributed by atoms with Crippen molar-refractivity contribution >= 4 is 0 Å². The van der Waals surface area contributed by atoms with Gasteiger partial charge in [-0.2, -0.15) is 13.2 Å². The SMILES string of the molecule is C[C@@H]1CCCc2c1cccc2C(F)(F)F. The molecule has 0 heterocycles. The monoisotopic (exact) mass is 214 g/mol. The van der Waals surface area contributed by atoms with Gasteiger partial charge in [0.05, 0.1) is 5.56 Å². The molecule has 1 aliphatic rings. The van der Waals surface area contributed by atoms with Crippen molar-refractivity contribution in [3.8, 4) is 0 Å². The van der Waals surface area contributed by atoms with Gasteiger partial charge in [0, 0.05) is 0 Å². The molecule has 1 aromatic carbocycles. The molecule has 0 bridgehead atoms. The fraction of sp³-hybridized carbons (Fsp3) is 0.500. The average molecular weight is 214 g/mol. The highest BCUT2D eigenvalue weighted by Gasteiger charge is 2.35. The summed E-state index contributed by atoms with van der Waals surface area (Å²) in [5, 5.41) is 0. The van der Waals surface area contributed by atoms with Gasteiger partial charge in [-0.25, -0.2) is 0 Å². The summed E-state index contributed by atoms with van der Waals surface area (Å²) in [5.74, 6) is 0.260. The van der Waals surface area contributed by atoms with Crippen molar-refractivity contribution in [2.45, 2.75) is 38.3 Å². The van der Waals surface area contributed by atoms with Gasteiger partial charge in [0.15, 0.2) is 0 Å². The van der Waals surface area contributed by atoms with Crippen LogP contribution in [0.3, 0.4) is 0 Å². The minimum atomic E-state index is -4.21. The van der Waals surface area contributed by atoms with E-state index in [1.165, 1.54) is 12.1 Å². The van der Waals surface area contributed by atoms with Crippen molar-refractivity contribution in [1.29, 1.82) is 0 Å². The number of hydrogen-bond acceptors (Lipinski definition) is 0. The number of halogens is 3. The second kappa shape index (κ2) is 3.54. The minimum absolute atomic E-state index is 0.260. The van der Waals surface area contributed by atoms with Gasteiger partial charge in [-0.3, -0.25) is 0 Å². The fourth-order valence-electron chi connectivity index (χ4n) is 2.35. The molecule has 1 atom stereocenters. The van der Waals surface area contributed by atoms with Crippen molar-refractivity contribution in [3.63, 3.8) is 0 Å². The molecule has 1 aliphatic carbocycles. The number of hydrogen-bond donors (Lipinski definition) is 0. The maximum Gasteiger partial charge on any atom is 0.416 e. The van der Waals surface area contributed by atoms with E-state index in [1.54, 1.807) is 0 Å². The van der Waals surface area contributed by atoms with Crippen molar-refractivity contribution in [2.75, 3.05) is 0 Å². The van der Waals surface area contributed by atoms with Crippen LogP contribution < -0.4 is 0 Å². The Morgan fingerprint density at radius 1 is 1.27 bits per heavy atom. The van der Waals surface area contributed by atoms with Crippen molar-refractivity contribution in [3.05, 3.63) is 34.9 Å². The lowest BCUT2D eigenvalue weighted by Crippen LogP contribution is -2.15. The second-order valence-electron chi connectivity index (χ2n) is 4.16. The van der Waals surface area contributed by atoms with E-state index in [-0.39, 0.29) is 5.92 Å². The maximum absolute atomic E-state index is 12.7. The van der Waals surface area contributed by atoms with E-state index in [0.29, 0.717) is 12.0 Å². The van der Waals surface area contributed by atoms with Crippen LogP contribution in [-0.2, 0) is 12.6 Å². The Hall–Kier alpha value is -0.990. The molecule has 0 unspecified atom stereocenters. The fourth-order valence-corrected chi connectivity index (χ4v) is 2.35. The molecule has 15 heavy (non-hydrogen) atoms. The van der Waals surface area contributed by atoms with E-state index in [1.807, 2.05) is 13.0 Å². The maximum atomic E-state index is 12.7. The Balaban J connectivity index is 2.54. The minimum Gasteiger partial charge on any atom is -0.166 e. The van der Waals surface area contributed by atoms with E-state index >= 15 is 0 Å². The van der Waals surface area contributed by atoms with Gasteiger partial charge < -0.3 is 0 Å². The highest BCUT2D eigenvalue weighted by molar-refractivity contribution is 5.40. The average Bonchev–Trinajstić information content (AvgIpc) is 2.16. The standard InChI is InChI=1S/C12H13F3/c1-8-4-2-6-10-9(8)5-3-7-11(10)12(13,14)15/h3,5,7-8H,2,4,6H2,1H3/t8-/m1/s1. The van der Waals surface area contributed by atoms with Crippen LogP contribution in [0.1, 0.15) is 42.4 Å². The molecule has 0 saturated carbocycles. The van der Waals surface area contributed by atoms with Crippen LogP contribution in [0.15, 0.2) is 18.2 Å². The molecule has 0 aromatic heterocycles. The molecule has 2 rings (SSSR count). The predicted molar refractivity (Wildman–Crippen MR) is 52.8 cm³/mol. The van der Waals surface area contributed by atoms with Gasteiger partial charge >= 0.3 is 6.18 Å². The number of benzene rings is 1. The second-order valence-corrected chi connectivity index (χ2v) is 4.16. The highest BCUT2D eigenvalue weighted by atomic mass is 19.4. The molecule has 0 aliphatic heterocycles. The van der Waals surface area contributed by atoms with E-state index in [0.717, 1.165) is 18.4 Å². The smallest absolute Gasteiger partial charge is 0.166 e. The zero-order chi connectivity index (χ0) is 11.1.